The van der Waals surface area contributed by atoms with Crippen molar-refractivity contribution < 1.29 is 4.74 Å². The summed E-state index contributed by atoms with van der Waals surface area (Å²) in [7, 11) is 0. The molecule has 4 aliphatic rings. The molecule has 0 spiro atoms. The minimum absolute atomic E-state index is 0.364. The average Bonchev–Trinajstić information content (AvgIpc) is 3.01. The number of fused-ring (bicyclic) bond motifs is 5. The Labute approximate surface area is 168 Å². The van der Waals surface area contributed by atoms with Crippen molar-refractivity contribution in [2.45, 2.75) is 98.3 Å². The van der Waals surface area contributed by atoms with E-state index in [0.29, 0.717) is 10.8 Å². The molecule has 27 heavy (non-hydrogen) atoms. The summed E-state index contributed by atoms with van der Waals surface area (Å²) in [4.78, 5) is 0. The molecule has 4 rings (SSSR count). The molecule has 152 valence electrons. The zero-order valence-electron chi connectivity index (χ0n) is 18.4. The second-order valence-electron chi connectivity index (χ2n) is 10.5. The third-order valence-corrected chi connectivity index (χ3v) is 9.32. The van der Waals surface area contributed by atoms with E-state index in [0.717, 1.165) is 30.3 Å². The predicted molar refractivity (Wildman–Crippen MR) is 114 cm³/mol. The van der Waals surface area contributed by atoms with Gasteiger partial charge >= 0.3 is 0 Å². The number of ether oxygens (including phenoxy) is 1. The molecule has 0 heterocycles. The highest BCUT2D eigenvalue weighted by molar-refractivity contribution is 5.40. The van der Waals surface area contributed by atoms with Gasteiger partial charge in [0.15, 0.2) is 0 Å². The van der Waals surface area contributed by atoms with Gasteiger partial charge in [0.1, 0.15) is 5.76 Å². The van der Waals surface area contributed by atoms with Crippen LogP contribution < -0.4 is 0 Å². The molecule has 0 N–H and O–H groups in total. The number of unbranched alkanes of at least 4 members (excludes halogenated alkanes) is 2. The highest BCUT2D eigenvalue weighted by Crippen LogP contribution is 2.66. The molecule has 0 aromatic rings. The van der Waals surface area contributed by atoms with Crippen LogP contribution in [0.25, 0.3) is 0 Å². The van der Waals surface area contributed by atoms with Crippen molar-refractivity contribution in [3.8, 4) is 0 Å². The van der Waals surface area contributed by atoms with Gasteiger partial charge in [0, 0.05) is 0 Å². The van der Waals surface area contributed by atoms with Gasteiger partial charge < -0.3 is 4.74 Å². The zero-order chi connectivity index (χ0) is 19.1. The first-order valence-electron chi connectivity index (χ1n) is 12.1. The first kappa shape index (κ1) is 19.6. The van der Waals surface area contributed by atoms with Crippen LogP contribution in [0.3, 0.4) is 0 Å². The van der Waals surface area contributed by atoms with Gasteiger partial charge in [-0.2, -0.15) is 0 Å². The highest BCUT2D eigenvalue weighted by Gasteiger charge is 2.58. The van der Waals surface area contributed by atoms with Crippen molar-refractivity contribution in [2.75, 3.05) is 6.61 Å². The lowest BCUT2D eigenvalue weighted by Gasteiger charge is -2.57. The van der Waals surface area contributed by atoms with Crippen LogP contribution in [-0.4, -0.2) is 6.61 Å². The van der Waals surface area contributed by atoms with E-state index in [9.17, 15) is 0 Å². The molecular formula is C26H42O. The van der Waals surface area contributed by atoms with Gasteiger partial charge in [-0.05, 0) is 97.5 Å². The topological polar surface area (TPSA) is 9.23 Å². The average molecular weight is 371 g/mol. The molecule has 0 bridgehead atoms. The van der Waals surface area contributed by atoms with Crippen LogP contribution in [-0.2, 0) is 4.74 Å². The van der Waals surface area contributed by atoms with Gasteiger partial charge in [-0.15, -0.1) is 0 Å². The molecule has 0 amide bonds. The van der Waals surface area contributed by atoms with Gasteiger partial charge in [0.2, 0.25) is 0 Å². The lowest BCUT2D eigenvalue weighted by molar-refractivity contribution is -0.0235. The molecule has 0 radical (unpaired) electrons. The van der Waals surface area contributed by atoms with Gasteiger partial charge in [-0.25, -0.2) is 0 Å². The molecule has 6 atom stereocenters. The summed E-state index contributed by atoms with van der Waals surface area (Å²) in [6, 6.07) is 0. The Balaban J connectivity index is 1.66. The van der Waals surface area contributed by atoms with E-state index in [1.54, 1.807) is 5.57 Å². The summed E-state index contributed by atoms with van der Waals surface area (Å²) < 4.78 is 6.50. The summed E-state index contributed by atoms with van der Waals surface area (Å²) in [5.74, 6) is 4.72. The molecule has 0 unspecified atom stereocenters. The van der Waals surface area contributed by atoms with E-state index in [1.165, 1.54) is 76.4 Å². The van der Waals surface area contributed by atoms with Crippen LogP contribution in [0.4, 0.5) is 0 Å². The number of hydrogen-bond donors (Lipinski definition) is 0. The van der Waals surface area contributed by atoms with Crippen molar-refractivity contribution in [1.82, 2.24) is 0 Å². The molecule has 0 aromatic carbocycles. The Morgan fingerprint density at radius 3 is 2.67 bits per heavy atom. The molecule has 0 saturated heterocycles. The standard InChI is InChI=1S/C26H42O/c1-5-7-10-17-27-24-18-20-21-13-12-19(6-2)25(21,3)16-14-22(20)26(4)15-9-8-11-23(24)26/h11,18-22H,5-10,12-17H2,1-4H3/t19-,20-,21-,22-,25+,26+/m0/s1. The zero-order valence-corrected chi connectivity index (χ0v) is 18.4. The minimum atomic E-state index is 0.364. The van der Waals surface area contributed by atoms with Crippen LogP contribution in [0.5, 0.6) is 0 Å². The van der Waals surface area contributed by atoms with Crippen LogP contribution in [0.15, 0.2) is 23.5 Å². The maximum atomic E-state index is 6.50. The number of allylic oxidation sites excluding steroid dienone is 3. The molecular weight excluding hydrogens is 328 g/mol. The summed E-state index contributed by atoms with van der Waals surface area (Å²) in [5.41, 5.74) is 2.52. The maximum Gasteiger partial charge on any atom is 0.119 e. The third kappa shape index (κ3) is 3.12. The fraction of sp³-hybridized carbons (Fsp3) is 0.846. The van der Waals surface area contributed by atoms with E-state index in [1.807, 2.05) is 0 Å². The SMILES string of the molecule is CCCCCOC1=C[C@H]2[C@@H]3CC[C@H](CC)[C@@]3(C)CC[C@@H]2[C@@]2(C)CCCC=C12. The Hall–Kier alpha value is -0.720. The van der Waals surface area contributed by atoms with Gasteiger partial charge in [0.25, 0.3) is 0 Å². The van der Waals surface area contributed by atoms with Crippen LogP contribution in [0.1, 0.15) is 98.3 Å². The second kappa shape index (κ2) is 7.60. The molecule has 4 aliphatic carbocycles. The molecule has 0 aromatic heterocycles. The largest absolute Gasteiger partial charge is 0.494 e. The summed E-state index contributed by atoms with van der Waals surface area (Å²) in [5, 5.41) is 0. The Morgan fingerprint density at radius 1 is 1.04 bits per heavy atom. The van der Waals surface area contributed by atoms with E-state index in [2.05, 4.69) is 39.8 Å². The normalized spacial score (nSPS) is 43.3. The van der Waals surface area contributed by atoms with Crippen LogP contribution in [0, 0.1) is 34.5 Å². The maximum absolute atomic E-state index is 6.50. The van der Waals surface area contributed by atoms with E-state index in [-0.39, 0.29) is 0 Å². The Morgan fingerprint density at radius 2 is 1.89 bits per heavy atom. The third-order valence-electron chi connectivity index (χ3n) is 9.32. The fourth-order valence-corrected chi connectivity index (χ4v) is 7.73. The summed E-state index contributed by atoms with van der Waals surface area (Å²) >= 11 is 0. The van der Waals surface area contributed by atoms with Gasteiger partial charge in [-0.3, -0.25) is 0 Å². The van der Waals surface area contributed by atoms with Crippen molar-refractivity contribution in [3.05, 3.63) is 23.5 Å². The van der Waals surface area contributed by atoms with Crippen molar-refractivity contribution in [2.24, 2.45) is 34.5 Å². The summed E-state index contributed by atoms with van der Waals surface area (Å²) in [6.45, 7) is 10.8. The predicted octanol–water partition coefficient (Wildman–Crippen LogP) is 7.68. The highest BCUT2D eigenvalue weighted by atomic mass is 16.5. The summed E-state index contributed by atoms with van der Waals surface area (Å²) in [6.07, 6.45) is 20.1. The van der Waals surface area contributed by atoms with Crippen molar-refractivity contribution in [3.63, 3.8) is 0 Å². The van der Waals surface area contributed by atoms with E-state index < -0.39 is 0 Å². The lowest BCUT2D eigenvalue weighted by Crippen LogP contribution is -2.49. The van der Waals surface area contributed by atoms with Crippen molar-refractivity contribution in [1.29, 1.82) is 0 Å². The Kier molecular flexibility index (Phi) is 5.51. The molecule has 1 heteroatoms. The second-order valence-corrected chi connectivity index (χ2v) is 10.5. The number of hydrogen-bond acceptors (Lipinski definition) is 1. The molecule has 0 aliphatic heterocycles. The van der Waals surface area contributed by atoms with Crippen LogP contribution >= 0.6 is 0 Å². The van der Waals surface area contributed by atoms with Crippen LogP contribution in [0.2, 0.25) is 0 Å². The number of rotatable bonds is 6. The van der Waals surface area contributed by atoms with Gasteiger partial charge in [-0.1, -0.05) is 53.0 Å². The van der Waals surface area contributed by atoms with E-state index >= 15 is 0 Å². The Bertz CT molecular complexity index is 601. The van der Waals surface area contributed by atoms with Gasteiger partial charge in [0.05, 0.1) is 6.61 Å². The quantitative estimate of drug-likeness (QED) is 0.436. The first-order valence-corrected chi connectivity index (χ1v) is 12.1. The molecule has 2 saturated carbocycles. The minimum Gasteiger partial charge on any atom is -0.494 e. The molecule has 2 fully saturated rings. The lowest BCUT2D eigenvalue weighted by atomic mass is 9.48. The monoisotopic (exact) mass is 370 g/mol. The van der Waals surface area contributed by atoms with Crippen molar-refractivity contribution >= 4 is 0 Å². The smallest absolute Gasteiger partial charge is 0.119 e. The fourth-order valence-electron chi connectivity index (χ4n) is 7.73. The molecule has 1 nitrogen and oxygen atoms in total. The first-order chi connectivity index (χ1) is 13.0. The van der Waals surface area contributed by atoms with E-state index in [4.69, 9.17) is 4.74 Å².